The Labute approximate surface area is 113 Å². The van der Waals surface area contributed by atoms with E-state index in [2.05, 4.69) is 6.58 Å². The Balaban J connectivity index is 2.88. The fraction of sp³-hybridized carbons (Fsp3) is 0.214. The number of nitrogens with one attached hydrogen (secondary N) is 1. The first-order valence-electron chi connectivity index (χ1n) is 5.78. The smallest absolute Gasteiger partial charge is 0.264 e. The molecule has 0 radical (unpaired) electrons. The highest BCUT2D eigenvalue weighted by atomic mass is 32.2. The van der Waals surface area contributed by atoms with Crippen molar-refractivity contribution in [3.63, 3.8) is 0 Å². The van der Waals surface area contributed by atoms with Gasteiger partial charge in [-0.05, 0) is 32.4 Å². The molecule has 0 atom stereocenters. The Morgan fingerprint density at radius 3 is 2.42 bits per heavy atom. The molecule has 0 saturated carbocycles. The fourth-order valence-electron chi connectivity index (χ4n) is 1.33. The van der Waals surface area contributed by atoms with Gasteiger partial charge in [0.25, 0.3) is 15.9 Å². The lowest BCUT2D eigenvalue weighted by atomic mass is 10.2. The SMILES string of the molecule is C=CC/C=C(/C)C(=O)NS(=O)(=O)c1ccc(C)cc1. The van der Waals surface area contributed by atoms with E-state index in [1.165, 1.54) is 12.1 Å². The van der Waals surface area contributed by atoms with Gasteiger partial charge in [-0.2, -0.15) is 0 Å². The zero-order valence-corrected chi connectivity index (χ0v) is 11.8. The third kappa shape index (κ3) is 4.37. The van der Waals surface area contributed by atoms with Gasteiger partial charge in [0.15, 0.2) is 0 Å². The average Bonchev–Trinajstić information content (AvgIpc) is 2.35. The summed E-state index contributed by atoms with van der Waals surface area (Å²) in [4.78, 5) is 11.8. The van der Waals surface area contributed by atoms with Crippen molar-refractivity contribution in [1.29, 1.82) is 0 Å². The van der Waals surface area contributed by atoms with E-state index >= 15 is 0 Å². The molecule has 0 aliphatic heterocycles. The summed E-state index contributed by atoms with van der Waals surface area (Å²) in [7, 11) is -3.81. The lowest BCUT2D eigenvalue weighted by molar-refractivity contribution is -0.115. The van der Waals surface area contributed by atoms with Crippen LogP contribution in [0.2, 0.25) is 0 Å². The number of amides is 1. The first kappa shape index (κ1) is 15.2. The molecule has 4 nitrogen and oxygen atoms in total. The van der Waals surface area contributed by atoms with Gasteiger partial charge >= 0.3 is 0 Å². The van der Waals surface area contributed by atoms with Crippen LogP contribution in [0.5, 0.6) is 0 Å². The minimum absolute atomic E-state index is 0.0722. The molecule has 5 heteroatoms. The van der Waals surface area contributed by atoms with Crippen molar-refractivity contribution in [2.24, 2.45) is 0 Å². The summed E-state index contributed by atoms with van der Waals surface area (Å²) in [6.07, 6.45) is 3.77. The van der Waals surface area contributed by atoms with E-state index in [1.54, 1.807) is 31.2 Å². The number of aryl methyl sites for hydroxylation is 1. The van der Waals surface area contributed by atoms with Gasteiger partial charge in [0.2, 0.25) is 0 Å². The van der Waals surface area contributed by atoms with Crippen LogP contribution in [-0.2, 0) is 14.8 Å². The summed E-state index contributed by atoms with van der Waals surface area (Å²) in [5, 5.41) is 0. The van der Waals surface area contributed by atoms with Gasteiger partial charge in [0.05, 0.1) is 4.90 Å². The molecule has 0 fully saturated rings. The maximum Gasteiger partial charge on any atom is 0.264 e. The van der Waals surface area contributed by atoms with Crippen LogP contribution in [-0.4, -0.2) is 14.3 Å². The molecule has 0 unspecified atom stereocenters. The monoisotopic (exact) mass is 279 g/mol. The van der Waals surface area contributed by atoms with Gasteiger partial charge in [0.1, 0.15) is 0 Å². The van der Waals surface area contributed by atoms with Crippen LogP contribution in [0.4, 0.5) is 0 Å². The predicted octanol–water partition coefficient (Wildman–Crippen LogP) is 2.32. The highest BCUT2D eigenvalue weighted by Crippen LogP contribution is 2.10. The van der Waals surface area contributed by atoms with Crippen molar-refractivity contribution in [3.8, 4) is 0 Å². The van der Waals surface area contributed by atoms with E-state index in [0.717, 1.165) is 5.56 Å². The molecule has 102 valence electrons. The van der Waals surface area contributed by atoms with Gasteiger partial charge < -0.3 is 0 Å². The quantitative estimate of drug-likeness (QED) is 0.664. The van der Waals surface area contributed by atoms with Crippen molar-refractivity contribution in [3.05, 3.63) is 54.1 Å². The first-order chi connectivity index (χ1) is 8.86. The maximum atomic E-state index is 12.0. The third-order valence-corrected chi connectivity index (χ3v) is 3.85. The number of rotatable bonds is 5. The molecule has 0 aromatic heterocycles. The molecule has 0 aliphatic rings. The molecule has 1 N–H and O–H groups in total. The van der Waals surface area contributed by atoms with Crippen LogP contribution in [0, 0.1) is 6.92 Å². The predicted molar refractivity (Wildman–Crippen MR) is 75.1 cm³/mol. The molecule has 1 amide bonds. The molecule has 1 aromatic rings. The Bertz CT molecular complexity index is 598. The highest BCUT2D eigenvalue weighted by Gasteiger charge is 2.17. The normalized spacial score (nSPS) is 12.0. The molecular weight excluding hydrogens is 262 g/mol. The van der Waals surface area contributed by atoms with Crippen molar-refractivity contribution < 1.29 is 13.2 Å². The van der Waals surface area contributed by atoms with Gasteiger partial charge in [-0.3, -0.25) is 4.79 Å². The van der Waals surface area contributed by atoms with Crippen molar-refractivity contribution in [1.82, 2.24) is 4.72 Å². The number of benzene rings is 1. The Morgan fingerprint density at radius 2 is 1.89 bits per heavy atom. The summed E-state index contributed by atoms with van der Waals surface area (Å²) in [5.74, 6) is -0.623. The van der Waals surface area contributed by atoms with E-state index in [-0.39, 0.29) is 4.90 Å². The molecule has 0 bridgehead atoms. The van der Waals surface area contributed by atoms with Crippen molar-refractivity contribution >= 4 is 15.9 Å². The van der Waals surface area contributed by atoms with E-state index in [4.69, 9.17) is 0 Å². The van der Waals surface area contributed by atoms with E-state index in [0.29, 0.717) is 12.0 Å². The summed E-state index contributed by atoms with van der Waals surface area (Å²) < 4.78 is 25.9. The van der Waals surface area contributed by atoms with E-state index in [1.807, 2.05) is 11.6 Å². The maximum absolute atomic E-state index is 12.0. The molecule has 1 rings (SSSR count). The van der Waals surface area contributed by atoms with Crippen molar-refractivity contribution in [2.75, 3.05) is 0 Å². The number of carbonyl (C=O) groups is 1. The molecule has 0 saturated heterocycles. The van der Waals surface area contributed by atoms with E-state index < -0.39 is 15.9 Å². The summed E-state index contributed by atoms with van der Waals surface area (Å²) >= 11 is 0. The molecule has 19 heavy (non-hydrogen) atoms. The third-order valence-electron chi connectivity index (χ3n) is 2.51. The number of allylic oxidation sites excluding steroid dienone is 2. The fourth-order valence-corrected chi connectivity index (χ4v) is 2.35. The zero-order valence-electron chi connectivity index (χ0n) is 11.0. The summed E-state index contributed by atoms with van der Waals surface area (Å²) in [5.41, 5.74) is 1.29. The van der Waals surface area contributed by atoms with Crippen LogP contribution >= 0.6 is 0 Å². The Kier molecular flexibility index (Phi) is 5.06. The van der Waals surface area contributed by atoms with E-state index in [9.17, 15) is 13.2 Å². The topological polar surface area (TPSA) is 63.2 Å². The number of sulfonamides is 1. The van der Waals surface area contributed by atoms with Crippen LogP contribution in [0.3, 0.4) is 0 Å². The highest BCUT2D eigenvalue weighted by molar-refractivity contribution is 7.90. The van der Waals surface area contributed by atoms with Gasteiger partial charge in [-0.25, -0.2) is 13.1 Å². The van der Waals surface area contributed by atoms with Gasteiger partial charge in [0, 0.05) is 5.57 Å². The number of carbonyl (C=O) groups excluding carboxylic acids is 1. The largest absolute Gasteiger partial charge is 0.269 e. The minimum Gasteiger partial charge on any atom is -0.269 e. The number of hydrogen-bond acceptors (Lipinski definition) is 3. The first-order valence-corrected chi connectivity index (χ1v) is 7.26. The molecule has 1 aromatic carbocycles. The molecular formula is C14H17NO3S. The molecule has 0 aliphatic carbocycles. The van der Waals surface area contributed by atoms with Gasteiger partial charge in [-0.1, -0.05) is 29.8 Å². The van der Waals surface area contributed by atoms with Gasteiger partial charge in [-0.15, -0.1) is 6.58 Å². The van der Waals surface area contributed by atoms with Crippen LogP contribution < -0.4 is 4.72 Å². The lowest BCUT2D eigenvalue weighted by Crippen LogP contribution is -2.31. The summed E-state index contributed by atoms with van der Waals surface area (Å²) in [6.45, 7) is 6.95. The van der Waals surface area contributed by atoms with Crippen molar-refractivity contribution in [2.45, 2.75) is 25.2 Å². The second-order valence-corrected chi connectivity index (χ2v) is 5.84. The van der Waals surface area contributed by atoms with Crippen LogP contribution in [0.1, 0.15) is 18.9 Å². The average molecular weight is 279 g/mol. The molecule has 0 spiro atoms. The standard InChI is InChI=1S/C14H17NO3S/c1-4-5-6-12(3)14(16)15-19(17,18)13-9-7-11(2)8-10-13/h4,6-10H,1,5H2,2-3H3,(H,15,16)/b12-6-. The Hall–Kier alpha value is -1.88. The second kappa shape index (κ2) is 6.33. The Morgan fingerprint density at radius 1 is 1.32 bits per heavy atom. The minimum atomic E-state index is -3.81. The second-order valence-electron chi connectivity index (χ2n) is 4.16. The number of hydrogen-bond donors (Lipinski definition) is 1. The summed E-state index contributed by atoms with van der Waals surface area (Å²) in [6, 6.07) is 6.29. The van der Waals surface area contributed by atoms with Crippen LogP contribution in [0.15, 0.2) is 53.5 Å². The zero-order chi connectivity index (χ0) is 14.5. The van der Waals surface area contributed by atoms with Crippen LogP contribution in [0.25, 0.3) is 0 Å². The molecule has 0 heterocycles. The lowest BCUT2D eigenvalue weighted by Gasteiger charge is -2.07.